The number of nitrogens with one attached hydrogen (secondary N) is 1. The Morgan fingerprint density at radius 2 is 1.21 bits per heavy atom. The normalized spacial score (nSPS) is 11.9. The molecule has 0 aromatic carbocycles. The smallest absolute Gasteiger partial charge is 0.377 e. The average molecular weight is 536 g/mol. The van der Waals surface area contributed by atoms with E-state index in [0.717, 1.165) is 0 Å². The molecule has 0 saturated heterocycles. The second kappa shape index (κ2) is 23.9. The highest BCUT2D eigenvalue weighted by Crippen LogP contribution is 2.17. The molecule has 33 heavy (non-hydrogen) atoms. The third kappa shape index (κ3) is 18.2. The summed E-state index contributed by atoms with van der Waals surface area (Å²) < 4.78 is 49.0. The minimum absolute atomic E-state index is 0.200. The molecule has 2 atom stereocenters. The summed E-state index contributed by atoms with van der Waals surface area (Å²) in [4.78, 5) is 12.6. The van der Waals surface area contributed by atoms with Gasteiger partial charge in [0.25, 0.3) is 5.91 Å². The molecule has 0 spiro atoms. The first kappa shape index (κ1) is 33.2. The minimum atomic E-state index is -2.74. The lowest BCUT2D eigenvalue weighted by molar-refractivity contribution is -0.179. The van der Waals surface area contributed by atoms with E-state index in [1.807, 2.05) is 20.8 Å². The lowest BCUT2D eigenvalue weighted by atomic mass is 10.4. The van der Waals surface area contributed by atoms with Crippen LogP contribution in [0.4, 0.5) is 0 Å². The molecule has 14 heteroatoms. The van der Waals surface area contributed by atoms with Gasteiger partial charge in [-0.3, -0.25) is 4.79 Å². The summed E-state index contributed by atoms with van der Waals surface area (Å²) in [7, 11) is 1.58. The first-order chi connectivity index (χ1) is 16.1. The van der Waals surface area contributed by atoms with Crippen molar-refractivity contribution in [2.45, 2.75) is 39.5 Å². The SMILES string of the molecule is CCO[Si](CCCNC(=O)C(OCCOCCOP)OCCOCCOP)(OCC)OCC. The van der Waals surface area contributed by atoms with Gasteiger partial charge in [-0.25, -0.2) is 0 Å². The molecule has 0 aliphatic carbocycles. The van der Waals surface area contributed by atoms with Crippen LogP contribution < -0.4 is 5.32 Å². The maximum absolute atomic E-state index is 12.6. The van der Waals surface area contributed by atoms with Crippen molar-refractivity contribution in [3.05, 3.63) is 0 Å². The van der Waals surface area contributed by atoms with Crippen molar-refractivity contribution in [1.82, 2.24) is 5.32 Å². The maximum Gasteiger partial charge on any atom is 0.500 e. The van der Waals surface area contributed by atoms with E-state index >= 15 is 0 Å². The van der Waals surface area contributed by atoms with Gasteiger partial charge in [-0.15, -0.1) is 0 Å². The van der Waals surface area contributed by atoms with Crippen LogP contribution in [0.2, 0.25) is 6.04 Å². The molecule has 0 saturated carbocycles. The van der Waals surface area contributed by atoms with E-state index < -0.39 is 15.1 Å². The molecule has 0 aliphatic heterocycles. The standard InChI is InChI=1S/C19H43NO10P2Si/c1-4-28-33(29-5-2,30-6-3)17-7-8-20-18(21)19(24-13-9-22-11-15-26-31)25-14-10-23-12-16-27-32/h19H,4-17,31-32H2,1-3H3,(H,20,21). The molecular weight excluding hydrogens is 492 g/mol. The van der Waals surface area contributed by atoms with Crippen molar-refractivity contribution >= 4 is 33.6 Å². The zero-order valence-corrected chi connectivity index (χ0v) is 23.5. The van der Waals surface area contributed by atoms with E-state index in [9.17, 15) is 4.79 Å². The van der Waals surface area contributed by atoms with Gasteiger partial charge < -0.3 is 46.6 Å². The number of carbonyl (C=O) groups is 1. The Labute approximate surface area is 204 Å². The summed E-state index contributed by atoms with van der Waals surface area (Å²) in [6, 6.07) is 0.604. The van der Waals surface area contributed by atoms with Crippen LogP contribution in [-0.4, -0.2) is 100 Å². The Kier molecular flexibility index (Phi) is 24.0. The van der Waals surface area contributed by atoms with Gasteiger partial charge in [-0.1, -0.05) is 0 Å². The Balaban J connectivity index is 4.52. The highest BCUT2D eigenvalue weighted by atomic mass is 31.0. The van der Waals surface area contributed by atoms with Crippen LogP contribution in [0, 0.1) is 0 Å². The summed E-state index contributed by atoms with van der Waals surface area (Å²) in [6.45, 7) is 10.5. The van der Waals surface area contributed by atoms with Gasteiger partial charge in [0.15, 0.2) is 0 Å². The van der Waals surface area contributed by atoms with Crippen LogP contribution in [0.15, 0.2) is 0 Å². The molecule has 0 aromatic rings. The molecule has 0 aromatic heterocycles. The molecule has 0 bridgehead atoms. The number of hydrogen-bond donors (Lipinski definition) is 1. The highest BCUT2D eigenvalue weighted by molar-refractivity contribution is 7.10. The number of ether oxygens (including phenoxy) is 4. The molecule has 0 radical (unpaired) electrons. The van der Waals surface area contributed by atoms with E-state index in [-0.39, 0.29) is 19.1 Å². The lowest BCUT2D eigenvalue weighted by Crippen LogP contribution is -2.47. The number of rotatable bonds is 25. The largest absolute Gasteiger partial charge is 0.500 e. The average Bonchev–Trinajstić information content (AvgIpc) is 2.80. The zero-order valence-electron chi connectivity index (χ0n) is 20.2. The summed E-state index contributed by atoms with van der Waals surface area (Å²) in [5, 5.41) is 2.84. The van der Waals surface area contributed by atoms with Crippen LogP contribution in [0.25, 0.3) is 0 Å². The molecule has 0 aliphatic rings. The third-order valence-electron chi connectivity index (χ3n) is 3.95. The molecule has 0 fully saturated rings. The van der Waals surface area contributed by atoms with E-state index in [1.54, 1.807) is 0 Å². The number of amides is 1. The Morgan fingerprint density at radius 1 is 0.758 bits per heavy atom. The molecule has 1 N–H and O–H groups in total. The van der Waals surface area contributed by atoms with Gasteiger partial charge in [0.05, 0.1) is 52.9 Å². The van der Waals surface area contributed by atoms with E-state index in [1.165, 1.54) is 0 Å². The van der Waals surface area contributed by atoms with Gasteiger partial charge in [-0.05, 0) is 27.2 Å². The van der Waals surface area contributed by atoms with E-state index in [0.29, 0.717) is 78.5 Å². The molecule has 198 valence electrons. The van der Waals surface area contributed by atoms with Crippen molar-refractivity contribution in [1.29, 1.82) is 0 Å². The molecular formula is C19H43NO10P2Si. The van der Waals surface area contributed by atoms with E-state index in [2.05, 4.69) is 24.3 Å². The van der Waals surface area contributed by atoms with Crippen LogP contribution in [0.1, 0.15) is 27.2 Å². The summed E-state index contributed by atoms with van der Waals surface area (Å²) in [5.74, 6) is -0.368. The third-order valence-corrected chi connectivity index (χ3v) is 7.57. The summed E-state index contributed by atoms with van der Waals surface area (Å²) >= 11 is 0. The van der Waals surface area contributed by atoms with E-state index in [4.69, 9.17) is 41.3 Å². The fraction of sp³-hybridized carbons (Fsp3) is 0.947. The van der Waals surface area contributed by atoms with Crippen LogP contribution in [-0.2, 0) is 46.1 Å². The Hall–Kier alpha value is 0.187. The van der Waals surface area contributed by atoms with Crippen molar-refractivity contribution in [2.24, 2.45) is 0 Å². The predicted molar refractivity (Wildman–Crippen MR) is 132 cm³/mol. The first-order valence-corrected chi connectivity index (χ1v) is 14.2. The summed E-state index contributed by atoms with van der Waals surface area (Å²) in [5.41, 5.74) is 0. The first-order valence-electron chi connectivity index (χ1n) is 11.3. The van der Waals surface area contributed by atoms with Crippen molar-refractivity contribution in [3.63, 3.8) is 0 Å². The van der Waals surface area contributed by atoms with Gasteiger partial charge >= 0.3 is 8.80 Å². The topological polar surface area (TPSA) is 112 Å². The number of carbonyl (C=O) groups excluding carboxylic acids is 1. The molecule has 1 amide bonds. The predicted octanol–water partition coefficient (Wildman–Crippen LogP) is 1.55. The van der Waals surface area contributed by atoms with Crippen molar-refractivity contribution in [2.75, 3.05) is 79.2 Å². The van der Waals surface area contributed by atoms with Gasteiger partial charge in [0.2, 0.25) is 6.29 Å². The molecule has 0 rings (SSSR count). The van der Waals surface area contributed by atoms with Gasteiger partial charge in [-0.2, -0.15) is 0 Å². The second-order valence-electron chi connectivity index (χ2n) is 6.42. The molecule has 2 unspecified atom stereocenters. The van der Waals surface area contributed by atoms with Crippen molar-refractivity contribution < 1.29 is 46.1 Å². The Morgan fingerprint density at radius 3 is 1.64 bits per heavy atom. The summed E-state index contributed by atoms with van der Waals surface area (Å²) in [6.07, 6.45) is -0.429. The maximum atomic E-state index is 12.6. The van der Waals surface area contributed by atoms with Gasteiger partial charge in [0.1, 0.15) is 0 Å². The second-order valence-corrected chi connectivity index (χ2v) is 9.82. The van der Waals surface area contributed by atoms with Crippen LogP contribution in [0.3, 0.4) is 0 Å². The quantitative estimate of drug-likeness (QED) is 0.0800. The minimum Gasteiger partial charge on any atom is -0.377 e. The molecule has 11 nitrogen and oxygen atoms in total. The van der Waals surface area contributed by atoms with Crippen LogP contribution >= 0.6 is 18.9 Å². The molecule has 0 heterocycles. The lowest BCUT2D eigenvalue weighted by Gasteiger charge is -2.28. The van der Waals surface area contributed by atoms with Crippen LogP contribution in [0.5, 0.6) is 0 Å². The Bertz CT molecular complexity index is 424. The number of hydrogen-bond acceptors (Lipinski definition) is 10. The fourth-order valence-electron chi connectivity index (χ4n) is 2.65. The zero-order chi connectivity index (χ0) is 24.6. The van der Waals surface area contributed by atoms with Crippen molar-refractivity contribution in [3.8, 4) is 0 Å². The van der Waals surface area contributed by atoms with Gasteiger partial charge in [0, 0.05) is 51.3 Å². The fourth-order valence-corrected chi connectivity index (χ4v) is 5.45. The highest BCUT2D eigenvalue weighted by Gasteiger charge is 2.39. The monoisotopic (exact) mass is 535 g/mol.